The first-order valence-corrected chi connectivity index (χ1v) is 7.80. The second-order valence-electron chi connectivity index (χ2n) is 5.74. The molecule has 0 fully saturated rings. The number of nitrogens with one attached hydrogen (secondary N) is 1. The Morgan fingerprint density at radius 2 is 1.71 bits per heavy atom. The van der Waals surface area contributed by atoms with Gasteiger partial charge >= 0.3 is 0 Å². The first-order chi connectivity index (χ1) is 11.5. The molecule has 2 aromatic rings. The Morgan fingerprint density at radius 3 is 2.29 bits per heavy atom. The highest BCUT2D eigenvalue weighted by Gasteiger charge is 2.19. The molecule has 0 heterocycles. The summed E-state index contributed by atoms with van der Waals surface area (Å²) in [6, 6.07) is 14.0. The van der Waals surface area contributed by atoms with E-state index < -0.39 is 11.9 Å². The number of carbonyl (C=O) groups excluding carboxylic acids is 2. The molecule has 1 unspecified atom stereocenters. The van der Waals surface area contributed by atoms with Crippen molar-refractivity contribution in [1.29, 1.82) is 0 Å². The Balaban J connectivity index is 1.88. The van der Waals surface area contributed by atoms with Crippen molar-refractivity contribution in [3.63, 3.8) is 0 Å². The standard InChI is InChI=1S/C19H22N2O3/c1-13-10-14(2)12-16(11-13)24-9-8-17(22)21-18(19(20)23)15-6-4-3-5-7-15/h3-7,10-12,18H,8-9H2,1-2H3,(H2,20,23)(H,21,22). The molecule has 2 amide bonds. The van der Waals surface area contributed by atoms with Crippen LogP contribution in [-0.2, 0) is 9.59 Å². The number of aryl methyl sites for hydroxylation is 2. The van der Waals surface area contributed by atoms with Gasteiger partial charge in [0.15, 0.2) is 0 Å². The number of hydrogen-bond donors (Lipinski definition) is 2. The fourth-order valence-electron chi connectivity index (χ4n) is 2.48. The zero-order valence-corrected chi connectivity index (χ0v) is 13.9. The molecule has 0 aromatic heterocycles. The largest absolute Gasteiger partial charge is 0.493 e. The lowest BCUT2D eigenvalue weighted by atomic mass is 10.1. The first kappa shape index (κ1) is 17.5. The van der Waals surface area contributed by atoms with Crippen LogP contribution in [0.5, 0.6) is 5.75 Å². The lowest BCUT2D eigenvalue weighted by Gasteiger charge is -2.16. The van der Waals surface area contributed by atoms with E-state index in [-0.39, 0.29) is 18.9 Å². The summed E-state index contributed by atoms with van der Waals surface area (Å²) >= 11 is 0. The average Bonchev–Trinajstić information content (AvgIpc) is 2.52. The van der Waals surface area contributed by atoms with Gasteiger partial charge in [-0.05, 0) is 42.7 Å². The maximum atomic E-state index is 12.1. The lowest BCUT2D eigenvalue weighted by molar-refractivity contribution is -0.127. The minimum absolute atomic E-state index is 0.142. The Morgan fingerprint density at radius 1 is 1.08 bits per heavy atom. The molecular formula is C19H22N2O3. The zero-order valence-electron chi connectivity index (χ0n) is 13.9. The Bertz CT molecular complexity index is 694. The molecule has 1 atom stereocenters. The Labute approximate surface area is 141 Å². The van der Waals surface area contributed by atoms with Crippen LogP contribution in [0.1, 0.15) is 29.2 Å². The van der Waals surface area contributed by atoms with Crippen LogP contribution in [0, 0.1) is 13.8 Å². The topological polar surface area (TPSA) is 81.4 Å². The van der Waals surface area contributed by atoms with Crippen LogP contribution in [0.3, 0.4) is 0 Å². The van der Waals surface area contributed by atoms with Crippen LogP contribution in [0.15, 0.2) is 48.5 Å². The van der Waals surface area contributed by atoms with Gasteiger partial charge in [-0.25, -0.2) is 0 Å². The lowest BCUT2D eigenvalue weighted by Crippen LogP contribution is -2.37. The number of primary amides is 1. The van der Waals surface area contributed by atoms with Crippen molar-refractivity contribution in [1.82, 2.24) is 5.32 Å². The quantitative estimate of drug-likeness (QED) is 0.820. The molecule has 2 rings (SSSR count). The smallest absolute Gasteiger partial charge is 0.244 e. The van der Waals surface area contributed by atoms with Crippen molar-refractivity contribution in [2.45, 2.75) is 26.3 Å². The Hall–Kier alpha value is -2.82. The van der Waals surface area contributed by atoms with Crippen molar-refractivity contribution in [3.8, 4) is 5.75 Å². The predicted octanol–water partition coefficient (Wildman–Crippen LogP) is 2.42. The van der Waals surface area contributed by atoms with E-state index in [0.717, 1.165) is 16.9 Å². The van der Waals surface area contributed by atoms with Crippen LogP contribution in [0.2, 0.25) is 0 Å². The van der Waals surface area contributed by atoms with Crippen LogP contribution in [0.4, 0.5) is 0 Å². The van der Waals surface area contributed by atoms with Crippen LogP contribution in [0.25, 0.3) is 0 Å². The van der Waals surface area contributed by atoms with E-state index in [9.17, 15) is 9.59 Å². The van der Waals surface area contributed by atoms with Gasteiger partial charge in [-0.15, -0.1) is 0 Å². The van der Waals surface area contributed by atoms with E-state index in [4.69, 9.17) is 10.5 Å². The summed E-state index contributed by atoms with van der Waals surface area (Å²) < 4.78 is 5.61. The second-order valence-corrected chi connectivity index (χ2v) is 5.74. The number of rotatable bonds is 7. The van der Waals surface area contributed by atoms with E-state index >= 15 is 0 Å². The zero-order chi connectivity index (χ0) is 17.5. The molecule has 5 nitrogen and oxygen atoms in total. The molecule has 0 aliphatic heterocycles. The fraction of sp³-hybridized carbons (Fsp3) is 0.263. The molecule has 24 heavy (non-hydrogen) atoms. The fourth-order valence-corrected chi connectivity index (χ4v) is 2.48. The summed E-state index contributed by atoms with van der Waals surface area (Å²) in [5.41, 5.74) is 8.25. The number of hydrogen-bond acceptors (Lipinski definition) is 3. The van der Waals surface area contributed by atoms with Crippen LogP contribution >= 0.6 is 0 Å². The molecule has 0 saturated heterocycles. The normalized spacial score (nSPS) is 11.6. The molecule has 0 radical (unpaired) electrons. The van der Waals surface area contributed by atoms with Crippen LogP contribution < -0.4 is 15.8 Å². The summed E-state index contributed by atoms with van der Waals surface area (Å²) in [6.45, 7) is 4.21. The van der Waals surface area contributed by atoms with Gasteiger partial charge < -0.3 is 15.8 Å². The molecule has 0 aliphatic carbocycles. The van der Waals surface area contributed by atoms with E-state index in [1.165, 1.54) is 0 Å². The summed E-state index contributed by atoms with van der Waals surface area (Å²) in [7, 11) is 0. The molecule has 5 heteroatoms. The van der Waals surface area contributed by atoms with Gasteiger partial charge in [0.1, 0.15) is 11.8 Å². The highest BCUT2D eigenvalue weighted by atomic mass is 16.5. The van der Waals surface area contributed by atoms with Crippen molar-refractivity contribution >= 4 is 11.8 Å². The van der Waals surface area contributed by atoms with Crippen LogP contribution in [-0.4, -0.2) is 18.4 Å². The molecule has 126 valence electrons. The van der Waals surface area contributed by atoms with Crippen molar-refractivity contribution in [3.05, 3.63) is 65.2 Å². The maximum absolute atomic E-state index is 12.1. The second kappa shape index (κ2) is 8.15. The highest BCUT2D eigenvalue weighted by molar-refractivity contribution is 5.87. The molecule has 3 N–H and O–H groups in total. The van der Waals surface area contributed by atoms with Gasteiger partial charge in [-0.2, -0.15) is 0 Å². The van der Waals surface area contributed by atoms with E-state index in [0.29, 0.717) is 5.56 Å². The first-order valence-electron chi connectivity index (χ1n) is 7.80. The van der Waals surface area contributed by atoms with E-state index in [1.54, 1.807) is 24.3 Å². The van der Waals surface area contributed by atoms with E-state index in [1.807, 2.05) is 32.0 Å². The molecule has 0 bridgehead atoms. The van der Waals surface area contributed by atoms with Crippen molar-refractivity contribution in [2.24, 2.45) is 5.73 Å². The Kier molecular flexibility index (Phi) is 5.95. The predicted molar refractivity (Wildman–Crippen MR) is 92.5 cm³/mol. The summed E-state index contributed by atoms with van der Waals surface area (Å²) in [5, 5.41) is 2.65. The number of nitrogens with two attached hydrogens (primary N) is 1. The third-order valence-electron chi connectivity index (χ3n) is 3.52. The molecular weight excluding hydrogens is 304 g/mol. The summed E-state index contributed by atoms with van der Waals surface area (Å²) in [4.78, 5) is 23.6. The van der Waals surface area contributed by atoms with Gasteiger partial charge in [-0.3, -0.25) is 9.59 Å². The minimum atomic E-state index is -0.833. The van der Waals surface area contributed by atoms with E-state index in [2.05, 4.69) is 11.4 Å². The third-order valence-corrected chi connectivity index (χ3v) is 3.52. The summed E-state index contributed by atoms with van der Waals surface area (Å²) in [6.07, 6.45) is 0.142. The van der Waals surface area contributed by atoms with Gasteiger partial charge in [-0.1, -0.05) is 36.4 Å². The van der Waals surface area contributed by atoms with Gasteiger partial charge in [0.25, 0.3) is 0 Å². The molecule has 0 saturated carbocycles. The number of carbonyl (C=O) groups is 2. The summed E-state index contributed by atoms with van der Waals surface area (Å²) in [5.74, 6) is -0.147. The van der Waals surface area contributed by atoms with Crippen molar-refractivity contribution in [2.75, 3.05) is 6.61 Å². The number of amides is 2. The van der Waals surface area contributed by atoms with Gasteiger partial charge in [0.05, 0.1) is 13.0 Å². The van der Waals surface area contributed by atoms with Gasteiger partial charge in [0.2, 0.25) is 11.8 Å². The third kappa shape index (κ3) is 5.12. The van der Waals surface area contributed by atoms with Crippen molar-refractivity contribution < 1.29 is 14.3 Å². The molecule has 2 aromatic carbocycles. The highest BCUT2D eigenvalue weighted by Crippen LogP contribution is 2.16. The SMILES string of the molecule is Cc1cc(C)cc(OCCC(=O)NC(C(N)=O)c2ccccc2)c1. The number of benzene rings is 2. The number of ether oxygens (including phenoxy) is 1. The maximum Gasteiger partial charge on any atom is 0.244 e. The average molecular weight is 326 g/mol. The monoisotopic (exact) mass is 326 g/mol. The minimum Gasteiger partial charge on any atom is -0.493 e. The molecule has 0 aliphatic rings. The molecule has 0 spiro atoms. The van der Waals surface area contributed by atoms with Gasteiger partial charge in [0, 0.05) is 0 Å².